The molecule has 1 aliphatic carbocycles. The highest BCUT2D eigenvalue weighted by Crippen LogP contribution is 2.50. The van der Waals surface area contributed by atoms with Crippen LogP contribution in [0.25, 0.3) is 0 Å². The van der Waals surface area contributed by atoms with Crippen molar-refractivity contribution in [3.63, 3.8) is 0 Å². The van der Waals surface area contributed by atoms with Gasteiger partial charge in [-0.1, -0.05) is 60.6 Å². The van der Waals surface area contributed by atoms with Crippen molar-refractivity contribution in [2.75, 3.05) is 19.8 Å². The third kappa shape index (κ3) is 6.34. The molecule has 2 heterocycles. The normalized spacial score (nSPS) is 27.2. The number of hydrogen-bond donors (Lipinski definition) is 1. The first kappa shape index (κ1) is 29.6. The van der Waals surface area contributed by atoms with Gasteiger partial charge in [-0.25, -0.2) is 9.79 Å². The summed E-state index contributed by atoms with van der Waals surface area (Å²) in [5, 5.41) is 9.50. The van der Waals surface area contributed by atoms with Gasteiger partial charge >= 0.3 is 5.97 Å². The van der Waals surface area contributed by atoms with E-state index in [1.54, 1.807) is 12.1 Å². The van der Waals surface area contributed by atoms with Gasteiger partial charge in [0.25, 0.3) is 5.91 Å². The maximum Gasteiger partial charge on any atom is 0.335 e. The first-order chi connectivity index (χ1) is 18.3. The summed E-state index contributed by atoms with van der Waals surface area (Å²) in [4.78, 5) is 35.8. The number of nitrogens with zero attached hydrogens (tertiary/aromatic N) is 3. The number of carbonyl (C=O) groups excluding carboxylic acids is 1. The van der Waals surface area contributed by atoms with E-state index in [0.717, 1.165) is 50.5 Å². The SMILES string of the molecule is CCC1COCCN1C1=NC2(CCC(C(C)(C)C)CC2)N([C@H](CCC(C)(C)C)c2ccc(C(=O)O)cc2)C1=O. The van der Waals surface area contributed by atoms with Crippen LogP contribution in [0.3, 0.4) is 0 Å². The average molecular weight is 540 g/mol. The van der Waals surface area contributed by atoms with Gasteiger partial charge in [-0.2, -0.15) is 0 Å². The Labute approximate surface area is 235 Å². The Morgan fingerprint density at radius 2 is 1.77 bits per heavy atom. The van der Waals surface area contributed by atoms with E-state index in [2.05, 4.69) is 58.3 Å². The van der Waals surface area contributed by atoms with Crippen LogP contribution in [0, 0.1) is 16.7 Å². The number of carboxylic acids is 1. The molecule has 3 aliphatic rings. The van der Waals surface area contributed by atoms with Crippen molar-refractivity contribution < 1.29 is 19.4 Å². The largest absolute Gasteiger partial charge is 0.478 e. The summed E-state index contributed by atoms with van der Waals surface area (Å²) in [6.07, 6.45) is 6.41. The van der Waals surface area contributed by atoms with Crippen molar-refractivity contribution in [2.45, 2.75) is 111 Å². The molecule has 1 unspecified atom stereocenters. The molecule has 2 atom stereocenters. The molecule has 0 radical (unpaired) electrons. The molecule has 2 fully saturated rings. The van der Waals surface area contributed by atoms with E-state index in [-0.39, 0.29) is 34.4 Å². The Morgan fingerprint density at radius 1 is 1.13 bits per heavy atom. The Balaban J connectivity index is 1.77. The number of carbonyl (C=O) groups is 2. The third-order valence-electron chi connectivity index (χ3n) is 9.18. The number of hydrogen-bond acceptors (Lipinski definition) is 5. The smallest absolute Gasteiger partial charge is 0.335 e. The lowest BCUT2D eigenvalue weighted by Crippen LogP contribution is -2.54. The molecular weight excluding hydrogens is 490 g/mol. The van der Waals surface area contributed by atoms with E-state index >= 15 is 0 Å². The molecule has 4 rings (SSSR count). The van der Waals surface area contributed by atoms with Crippen LogP contribution in [0.4, 0.5) is 0 Å². The number of amides is 1. The fraction of sp³-hybridized carbons (Fsp3) is 0.719. The van der Waals surface area contributed by atoms with Gasteiger partial charge in [0.2, 0.25) is 0 Å². The average Bonchev–Trinajstić information content (AvgIpc) is 3.14. The second-order valence-electron chi connectivity index (χ2n) is 14.1. The van der Waals surface area contributed by atoms with Crippen LogP contribution in [0.15, 0.2) is 29.3 Å². The lowest BCUT2D eigenvalue weighted by molar-refractivity contribution is -0.134. The van der Waals surface area contributed by atoms with Crippen LogP contribution >= 0.6 is 0 Å². The van der Waals surface area contributed by atoms with Crippen molar-refractivity contribution in [1.82, 2.24) is 9.80 Å². The van der Waals surface area contributed by atoms with Gasteiger partial charge in [-0.3, -0.25) is 4.79 Å². The molecule has 39 heavy (non-hydrogen) atoms. The molecule has 216 valence electrons. The van der Waals surface area contributed by atoms with Crippen molar-refractivity contribution in [3.8, 4) is 0 Å². The highest BCUT2D eigenvalue weighted by Gasteiger charge is 2.54. The minimum Gasteiger partial charge on any atom is -0.478 e. The van der Waals surface area contributed by atoms with Crippen LogP contribution in [-0.2, 0) is 9.53 Å². The minimum absolute atomic E-state index is 0.0192. The third-order valence-corrected chi connectivity index (χ3v) is 9.18. The van der Waals surface area contributed by atoms with E-state index in [0.29, 0.717) is 31.5 Å². The van der Waals surface area contributed by atoms with Gasteiger partial charge in [0, 0.05) is 6.54 Å². The van der Waals surface area contributed by atoms with Crippen LogP contribution in [0.2, 0.25) is 0 Å². The van der Waals surface area contributed by atoms with Crippen molar-refractivity contribution in [3.05, 3.63) is 35.4 Å². The molecule has 7 nitrogen and oxygen atoms in total. The van der Waals surface area contributed by atoms with E-state index in [1.165, 1.54) is 0 Å². The van der Waals surface area contributed by atoms with Gasteiger partial charge in [0.15, 0.2) is 5.84 Å². The van der Waals surface area contributed by atoms with Gasteiger partial charge in [0.05, 0.1) is 30.9 Å². The summed E-state index contributed by atoms with van der Waals surface area (Å²) in [5.74, 6) is 0.271. The van der Waals surface area contributed by atoms with Gasteiger partial charge in [-0.15, -0.1) is 0 Å². The fourth-order valence-corrected chi connectivity index (χ4v) is 6.65. The number of aromatic carboxylic acids is 1. The monoisotopic (exact) mass is 539 g/mol. The maximum absolute atomic E-state index is 14.6. The van der Waals surface area contributed by atoms with Crippen LogP contribution < -0.4 is 0 Å². The van der Waals surface area contributed by atoms with Crippen LogP contribution in [0.1, 0.15) is 115 Å². The molecule has 1 saturated carbocycles. The molecule has 0 bridgehead atoms. The second-order valence-corrected chi connectivity index (χ2v) is 14.1. The van der Waals surface area contributed by atoms with Crippen LogP contribution in [0.5, 0.6) is 0 Å². The minimum atomic E-state index is -0.939. The summed E-state index contributed by atoms with van der Waals surface area (Å²) in [6.45, 7) is 17.7. The fourth-order valence-electron chi connectivity index (χ4n) is 6.65. The summed E-state index contributed by atoms with van der Waals surface area (Å²) >= 11 is 0. The summed E-state index contributed by atoms with van der Waals surface area (Å²) < 4.78 is 5.77. The predicted octanol–water partition coefficient (Wildman–Crippen LogP) is 6.54. The highest BCUT2D eigenvalue weighted by molar-refractivity contribution is 6.39. The van der Waals surface area contributed by atoms with E-state index < -0.39 is 11.6 Å². The predicted molar refractivity (Wildman–Crippen MR) is 155 cm³/mol. The van der Waals surface area contributed by atoms with E-state index in [1.807, 2.05) is 12.1 Å². The number of ether oxygens (including phenoxy) is 1. The summed E-state index contributed by atoms with van der Waals surface area (Å²) in [7, 11) is 0. The molecular formula is C32H49N3O4. The zero-order chi connectivity index (χ0) is 28.6. The molecule has 2 aliphatic heterocycles. The van der Waals surface area contributed by atoms with Crippen LogP contribution in [-0.4, -0.2) is 64.1 Å². The molecule has 0 aromatic heterocycles. The first-order valence-electron chi connectivity index (χ1n) is 14.9. The van der Waals surface area contributed by atoms with E-state index in [9.17, 15) is 14.7 Å². The number of carboxylic acid groups (broad SMARTS) is 1. The Kier molecular flexibility index (Phi) is 8.51. The molecule has 7 heteroatoms. The molecule has 1 spiro atoms. The maximum atomic E-state index is 14.6. The van der Waals surface area contributed by atoms with Gasteiger partial charge in [-0.05, 0) is 79.4 Å². The number of amidine groups is 1. The molecule has 1 amide bonds. The van der Waals surface area contributed by atoms with Crippen molar-refractivity contribution in [2.24, 2.45) is 21.7 Å². The lowest BCUT2D eigenvalue weighted by Gasteiger charge is -2.47. The Hall–Kier alpha value is -2.41. The Morgan fingerprint density at radius 3 is 2.31 bits per heavy atom. The number of benzene rings is 1. The number of morpholine rings is 1. The summed E-state index contributed by atoms with van der Waals surface area (Å²) in [5.41, 5.74) is 0.995. The number of rotatable bonds is 6. The van der Waals surface area contributed by atoms with Crippen molar-refractivity contribution in [1.29, 1.82) is 0 Å². The zero-order valence-corrected chi connectivity index (χ0v) is 25.1. The quantitative estimate of drug-likeness (QED) is 0.444. The molecule has 1 saturated heterocycles. The van der Waals surface area contributed by atoms with Crippen molar-refractivity contribution >= 4 is 17.7 Å². The van der Waals surface area contributed by atoms with E-state index in [4.69, 9.17) is 9.73 Å². The summed E-state index contributed by atoms with van der Waals surface area (Å²) in [6, 6.07) is 7.12. The second kappa shape index (κ2) is 11.2. The Bertz CT molecular complexity index is 1060. The lowest BCUT2D eigenvalue weighted by atomic mass is 9.69. The zero-order valence-electron chi connectivity index (χ0n) is 25.1. The standard InChI is InChI=1S/C32H49N3O4/c1-8-25-21-39-20-19-34(25)27-28(36)35(32(33-27)17-13-24(14-18-32)31(5,6)7)26(15-16-30(2,3)4)22-9-11-23(12-10-22)29(37)38/h9-12,24-26H,8,13-21H2,1-7H3,(H,37,38)/t24?,25?,26-,32?/m1/s1. The highest BCUT2D eigenvalue weighted by atomic mass is 16.5. The molecule has 1 N–H and O–H groups in total. The van der Waals surface area contributed by atoms with Gasteiger partial charge < -0.3 is 19.6 Å². The first-order valence-corrected chi connectivity index (χ1v) is 14.9. The molecule has 1 aromatic carbocycles. The molecule has 1 aromatic rings. The topological polar surface area (TPSA) is 82.4 Å². The van der Waals surface area contributed by atoms with Gasteiger partial charge in [0.1, 0.15) is 5.66 Å². The number of aliphatic imine (C=N–C) groups is 1.